The Morgan fingerprint density at radius 3 is 2.59 bits per heavy atom. The average molecular weight is 239 g/mol. The molecular weight excluding hydrogens is 226 g/mol. The molecule has 17 heavy (non-hydrogen) atoms. The van der Waals surface area contributed by atoms with E-state index in [4.69, 9.17) is 4.98 Å². The van der Waals surface area contributed by atoms with Gasteiger partial charge in [0.25, 0.3) is 0 Å². The maximum absolute atomic E-state index is 4.71. The molecule has 0 bridgehead atoms. The molecule has 0 radical (unpaired) electrons. The Hall–Kier alpha value is -1.67. The first-order valence-electron chi connectivity index (χ1n) is 5.82. The van der Waals surface area contributed by atoms with Gasteiger partial charge in [0.2, 0.25) is 0 Å². The fourth-order valence-electron chi connectivity index (χ4n) is 2.02. The van der Waals surface area contributed by atoms with Crippen molar-refractivity contribution in [1.29, 1.82) is 0 Å². The molecule has 84 valence electrons. The van der Waals surface area contributed by atoms with E-state index in [1.54, 1.807) is 11.3 Å². The van der Waals surface area contributed by atoms with Gasteiger partial charge in [-0.1, -0.05) is 43.3 Å². The molecule has 2 aromatic carbocycles. The molecule has 2 heteroatoms. The quantitative estimate of drug-likeness (QED) is 0.640. The van der Waals surface area contributed by atoms with Gasteiger partial charge in [0, 0.05) is 5.56 Å². The summed E-state index contributed by atoms with van der Waals surface area (Å²) >= 11 is 1.77. The third-order valence-electron chi connectivity index (χ3n) is 2.92. The summed E-state index contributed by atoms with van der Waals surface area (Å²) in [5.74, 6) is 0. The van der Waals surface area contributed by atoms with Gasteiger partial charge >= 0.3 is 0 Å². The molecule has 1 aromatic heterocycles. The van der Waals surface area contributed by atoms with Crippen molar-refractivity contribution in [1.82, 2.24) is 4.98 Å². The molecule has 1 heterocycles. The van der Waals surface area contributed by atoms with E-state index in [0.29, 0.717) is 0 Å². The molecule has 0 atom stereocenters. The molecule has 3 aromatic rings. The molecule has 0 spiro atoms. The average Bonchev–Trinajstić information content (AvgIpc) is 2.82. The molecule has 0 aliphatic heterocycles. The third kappa shape index (κ3) is 1.85. The summed E-state index contributed by atoms with van der Waals surface area (Å²) in [5.41, 5.74) is 3.74. The number of benzene rings is 2. The molecule has 0 unspecified atom stereocenters. The first-order chi connectivity index (χ1) is 8.38. The maximum atomic E-state index is 4.71. The number of fused-ring (bicyclic) bond motifs is 1. The highest BCUT2D eigenvalue weighted by Crippen LogP contribution is 2.32. The number of thiazole rings is 1. The summed E-state index contributed by atoms with van der Waals surface area (Å²) in [6.45, 7) is 2.19. The van der Waals surface area contributed by atoms with Gasteiger partial charge in [-0.3, -0.25) is 0 Å². The van der Waals surface area contributed by atoms with Crippen LogP contribution in [0.3, 0.4) is 0 Å². The van der Waals surface area contributed by atoms with Gasteiger partial charge in [0.1, 0.15) is 5.01 Å². The Morgan fingerprint density at radius 1 is 1.00 bits per heavy atom. The van der Waals surface area contributed by atoms with Crippen LogP contribution < -0.4 is 0 Å². The van der Waals surface area contributed by atoms with Crippen molar-refractivity contribution in [2.24, 2.45) is 0 Å². The molecule has 0 saturated heterocycles. The molecule has 0 aliphatic carbocycles. The van der Waals surface area contributed by atoms with Gasteiger partial charge in [-0.15, -0.1) is 11.3 Å². The lowest BCUT2D eigenvalue weighted by molar-refractivity contribution is 1.14. The monoisotopic (exact) mass is 239 g/mol. The van der Waals surface area contributed by atoms with Crippen molar-refractivity contribution in [2.45, 2.75) is 13.3 Å². The second kappa shape index (κ2) is 4.30. The highest BCUT2D eigenvalue weighted by molar-refractivity contribution is 7.21. The van der Waals surface area contributed by atoms with Crippen molar-refractivity contribution in [3.05, 3.63) is 54.1 Å². The van der Waals surface area contributed by atoms with Gasteiger partial charge in [-0.25, -0.2) is 4.98 Å². The number of rotatable bonds is 2. The van der Waals surface area contributed by atoms with Crippen LogP contribution in [0.4, 0.5) is 0 Å². The summed E-state index contributed by atoms with van der Waals surface area (Å²) in [5, 5.41) is 1.13. The van der Waals surface area contributed by atoms with Gasteiger partial charge in [0.05, 0.1) is 10.2 Å². The lowest BCUT2D eigenvalue weighted by atomic mass is 10.1. The number of para-hydroxylation sites is 1. The summed E-state index contributed by atoms with van der Waals surface area (Å²) in [6, 6.07) is 16.8. The molecule has 3 rings (SSSR count). The third-order valence-corrected chi connectivity index (χ3v) is 3.99. The van der Waals surface area contributed by atoms with E-state index < -0.39 is 0 Å². The zero-order valence-corrected chi connectivity index (χ0v) is 10.5. The van der Waals surface area contributed by atoms with Crippen LogP contribution in [0.1, 0.15) is 12.5 Å². The number of nitrogens with zero attached hydrogens (tertiary/aromatic N) is 1. The molecule has 0 N–H and O–H groups in total. The summed E-state index contributed by atoms with van der Waals surface area (Å²) in [4.78, 5) is 4.71. The lowest BCUT2D eigenvalue weighted by Gasteiger charge is -2.03. The summed E-state index contributed by atoms with van der Waals surface area (Å²) in [7, 11) is 0. The van der Waals surface area contributed by atoms with E-state index in [0.717, 1.165) is 16.9 Å². The summed E-state index contributed by atoms with van der Waals surface area (Å²) < 4.78 is 1.26. The molecule has 0 aliphatic rings. The van der Waals surface area contributed by atoms with Crippen LogP contribution >= 0.6 is 11.3 Å². The smallest absolute Gasteiger partial charge is 0.124 e. The Balaban J connectivity index is 2.20. The highest BCUT2D eigenvalue weighted by Gasteiger charge is 2.08. The molecule has 0 fully saturated rings. The number of aryl methyl sites for hydroxylation is 1. The Kier molecular flexibility index (Phi) is 2.65. The van der Waals surface area contributed by atoms with E-state index in [1.807, 2.05) is 6.07 Å². The molecule has 1 nitrogen and oxygen atoms in total. The lowest BCUT2D eigenvalue weighted by Crippen LogP contribution is -1.85. The van der Waals surface area contributed by atoms with Crippen LogP contribution in [0.2, 0.25) is 0 Å². The first-order valence-corrected chi connectivity index (χ1v) is 6.64. The minimum atomic E-state index is 1.05. The second-order valence-corrected chi connectivity index (χ2v) is 5.03. The van der Waals surface area contributed by atoms with Crippen LogP contribution in [0.25, 0.3) is 20.8 Å². The van der Waals surface area contributed by atoms with Crippen molar-refractivity contribution in [3.63, 3.8) is 0 Å². The molecule has 0 saturated carbocycles. The van der Waals surface area contributed by atoms with E-state index in [-0.39, 0.29) is 0 Å². The van der Waals surface area contributed by atoms with Gasteiger partial charge in [0.15, 0.2) is 0 Å². The SMILES string of the molecule is CCc1ccccc1-c1nc2ccccc2s1. The standard InChI is InChI=1S/C15H13NS/c1-2-11-7-3-4-8-12(11)15-16-13-9-5-6-10-14(13)17-15/h3-10H,2H2,1H3. The van der Waals surface area contributed by atoms with E-state index in [9.17, 15) is 0 Å². The Morgan fingerprint density at radius 2 is 1.76 bits per heavy atom. The topological polar surface area (TPSA) is 12.9 Å². The van der Waals surface area contributed by atoms with Gasteiger partial charge < -0.3 is 0 Å². The highest BCUT2D eigenvalue weighted by atomic mass is 32.1. The van der Waals surface area contributed by atoms with Crippen LogP contribution in [-0.4, -0.2) is 4.98 Å². The normalized spacial score (nSPS) is 10.9. The number of hydrogen-bond acceptors (Lipinski definition) is 2. The zero-order chi connectivity index (χ0) is 11.7. The van der Waals surface area contributed by atoms with Crippen LogP contribution in [-0.2, 0) is 6.42 Å². The van der Waals surface area contributed by atoms with Crippen molar-refractivity contribution in [3.8, 4) is 10.6 Å². The summed E-state index contributed by atoms with van der Waals surface area (Å²) in [6.07, 6.45) is 1.05. The van der Waals surface area contributed by atoms with E-state index >= 15 is 0 Å². The largest absolute Gasteiger partial charge is 0.236 e. The Labute approximate surface area is 105 Å². The van der Waals surface area contributed by atoms with Crippen LogP contribution in [0.5, 0.6) is 0 Å². The Bertz CT molecular complexity index is 622. The molecule has 0 amide bonds. The maximum Gasteiger partial charge on any atom is 0.124 e. The van der Waals surface area contributed by atoms with E-state index in [1.165, 1.54) is 15.8 Å². The number of hydrogen-bond donors (Lipinski definition) is 0. The first kappa shape index (κ1) is 10.5. The number of aromatic nitrogens is 1. The fraction of sp³-hybridized carbons (Fsp3) is 0.133. The van der Waals surface area contributed by atoms with Crippen molar-refractivity contribution < 1.29 is 0 Å². The minimum absolute atomic E-state index is 1.05. The van der Waals surface area contributed by atoms with Crippen LogP contribution in [0.15, 0.2) is 48.5 Å². The van der Waals surface area contributed by atoms with Crippen molar-refractivity contribution >= 4 is 21.6 Å². The second-order valence-electron chi connectivity index (χ2n) is 4.00. The minimum Gasteiger partial charge on any atom is -0.236 e. The van der Waals surface area contributed by atoms with Gasteiger partial charge in [-0.2, -0.15) is 0 Å². The molecular formula is C15H13NS. The van der Waals surface area contributed by atoms with Gasteiger partial charge in [-0.05, 0) is 24.1 Å². The van der Waals surface area contributed by atoms with Crippen molar-refractivity contribution in [2.75, 3.05) is 0 Å². The fourth-order valence-corrected chi connectivity index (χ4v) is 3.05. The van der Waals surface area contributed by atoms with Crippen LogP contribution in [0, 0.1) is 0 Å². The zero-order valence-electron chi connectivity index (χ0n) is 9.68. The predicted octanol–water partition coefficient (Wildman–Crippen LogP) is 4.53. The predicted molar refractivity (Wildman–Crippen MR) is 74.4 cm³/mol. The van der Waals surface area contributed by atoms with E-state index in [2.05, 4.69) is 49.4 Å².